The van der Waals surface area contributed by atoms with E-state index in [1.54, 1.807) is 23.1 Å². The van der Waals surface area contributed by atoms with Gasteiger partial charge in [0, 0.05) is 60.3 Å². The van der Waals surface area contributed by atoms with Crippen LogP contribution in [0.3, 0.4) is 0 Å². The van der Waals surface area contributed by atoms with Gasteiger partial charge >= 0.3 is 0 Å². The van der Waals surface area contributed by atoms with E-state index in [1.807, 2.05) is 6.07 Å². The number of hydrogen-bond donors (Lipinski definition) is 0. The third kappa shape index (κ3) is 4.42. The fraction of sp³-hybridized carbons (Fsp3) is 0.400. The van der Waals surface area contributed by atoms with E-state index < -0.39 is 10.0 Å². The van der Waals surface area contributed by atoms with E-state index in [9.17, 15) is 13.2 Å². The summed E-state index contributed by atoms with van der Waals surface area (Å²) in [5.41, 5.74) is 1.03. The summed E-state index contributed by atoms with van der Waals surface area (Å²) in [7, 11) is -1.54. The van der Waals surface area contributed by atoms with Crippen LogP contribution in [0.15, 0.2) is 28.5 Å². The van der Waals surface area contributed by atoms with E-state index in [0.29, 0.717) is 27.3 Å². The van der Waals surface area contributed by atoms with Crippen molar-refractivity contribution in [1.82, 2.24) is 19.1 Å². The lowest BCUT2D eigenvalue weighted by atomic mass is 10.2. The van der Waals surface area contributed by atoms with Crippen molar-refractivity contribution in [2.45, 2.75) is 17.2 Å². The quantitative estimate of drug-likeness (QED) is 0.515. The van der Waals surface area contributed by atoms with Gasteiger partial charge in [0.15, 0.2) is 5.01 Å². The number of thiophene rings is 1. The zero-order valence-corrected chi connectivity index (χ0v) is 21.3. The first kappa shape index (κ1) is 23.9. The molecule has 7 nitrogen and oxygen atoms in total. The Morgan fingerprint density at radius 3 is 2.59 bits per heavy atom. The van der Waals surface area contributed by atoms with Crippen molar-refractivity contribution >= 4 is 72.7 Å². The normalized spacial score (nSPS) is 17.9. The van der Waals surface area contributed by atoms with Crippen LogP contribution in [0.2, 0.25) is 5.02 Å². The number of fused-ring (bicyclic) bond motifs is 2. The minimum absolute atomic E-state index is 0. The second-order valence-electron chi connectivity index (χ2n) is 7.82. The summed E-state index contributed by atoms with van der Waals surface area (Å²) in [6.07, 6.45) is 0.863. The Morgan fingerprint density at radius 1 is 1.09 bits per heavy atom. The predicted octanol–water partition coefficient (Wildman–Crippen LogP) is 3.57. The molecule has 0 unspecified atom stereocenters. The molecule has 2 aliphatic heterocycles. The van der Waals surface area contributed by atoms with Crippen molar-refractivity contribution in [3.8, 4) is 0 Å². The smallest absolute Gasteiger partial charge is 0.282 e. The van der Waals surface area contributed by atoms with Gasteiger partial charge in [0.2, 0.25) is 0 Å². The maximum Gasteiger partial charge on any atom is 0.282 e. The molecule has 3 aromatic rings. The number of aromatic nitrogens is 1. The lowest BCUT2D eigenvalue weighted by molar-refractivity contribution is 0.0697. The van der Waals surface area contributed by atoms with E-state index in [2.05, 4.69) is 16.9 Å². The van der Waals surface area contributed by atoms with Gasteiger partial charge in [-0.15, -0.1) is 35.1 Å². The van der Waals surface area contributed by atoms with Gasteiger partial charge in [0.25, 0.3) is 15.9 Å². The summed E-state index contributed by atoms with van der Waals surface area (Å²) in [6, 6.07) is 7.06. The molecular formula is C20H22Cl2N4O3S3. The summed E-state index contributed by atoms with van der Waals surface area (Å²) in [4.78, 5) is 22.6. The molecule has 1 amide bonds. The van der Waals surface area contributed by atoms with Gasteiger partial charge < -0.3 is 9.80 Å². The molecule has 0 aliphatic carbocycles. The largest absolute Gasteiger partial charge is 0.334 e. The summed E-state index contributed by atoms with van der Waals surface area (Å²) in [5.74, 6) is -0.101. The Hall–Kier alpha value is -1.27. The third-order valence-corrected chi connectivity index (χ3v) is 10.4. The van der Waals surface area contributed by atoms with Crippen LogP contribution in [0.5, 0.6) is 0 Å². The maximum absolute atomic E-state index is 13.1. The second kappa shape index (κ2) is 9.17. The Kier molecular flexibility index (Phi) is 6.84. The molecule has 0 atom stereocenters. The Labute approximate surface area is 206 Å². The van der Waals surface area contributed by atoms with Gasteiger partial charge in [-0.1, -0.05) is 17.7 Å². The molecule has 0 bridgehead atoms. The molecule has 172 valence electrons. The standard InChI is InChI=1S/C20H21ClN4O3S3.ClH/c1-23-5-4-15-17(12-23)30-19(22-15)20(26)24-6-8-25(9-7-24)31(27,28)18-10-13-2-3-14(21)11-16(13)29-18;/h2-3,10-11H,4-9,12H2,1H3;1H. The van der Waals surface area contributed by atoms with Crippen molar-refractivity contribution < 1.29 is 13.2 Å². The molecule has 2 aliphatic rings. The fourth-order valence-corrected chi connectivity index (χ4v) is 8.32. The van der Waals surface area contributed by atoms with Crippen LogP contribution in [-0.4, -0.2) is 73.2 Å². The number of hydrogen-bond acceptors (Lipinski definition) is 7. The van der Waals surface area contributed by atoms with Crippen LogP contribution in [0, 0.1) is 0 Å². The number of piperazine rings is 1. The highest BCUT2D eigenvalue weighted by Gasteiger charge is 2.33. The zero-order valence-electron chi connectivity index (χ0n) is 17.3. The first-order valence-electron chi connectivity index (χ1n) is 9.97. The number of benzene rings is 1. The number of sulfonamides is 1. The maximum atomic E-state index is 13.1. The van der Waals surface area contributed by atoms with Crippen LogP contribution in [0.1, 0.15) is 20.4 Å². The van der Waals surface area contributed by atoms with Crippen molar-refractivity contribution in [1.29, 1.82) is 0 Å². The van der Waals surface area contributed by atoms with Gasteiger partial charge in [0.1, 0.15) is 4.21 Å². The average molecular weight is 534 g/mol. The molecular weight excluding hydrogens is 511 g/mol. The molecule has 32 heavy (non-hydrogen) atoms. The van der Waals surface area contributed by atoms with Crippen LogP contribution < -0.4 is 0 Å². The zero-order chi connectivity index (χ0) is 21.8. The third-order valence-electron chi connectivity index (χ3n) is 5.68. The van der Waals surface area contributed by atoms with Crippen LogP contribution in [-0.2, 0) is 23.0 Å². The number of carbonyl (C=O) groups is 1. The molecule has 5 rings (SSSR count). The molecule has 1 fully saturated rings. The predicted molar refractivity (Wildman–Crippen MR) is 131 cm³/mol. The van der Waals surface area contributed by atoms with E-state index in [-0.39, 0.29) is 31.4 Å². The molecule has 12 heteroatoms. The number of rotatable bonds is 3. The second-order valence-corrected chi connectivity index (χ2v) is 12.6. The minimum atomic E-state index is -3.61. The molecule has 0 saturated carbocycles. The monoisotopic (exact) mass is 532 g/mol. The van der Waals surface area contributed by atoms with Gasteiger partial charge in [-0.3, -0.25) is 4.79 Å². The lowest BCUT2D eigenvalue weighted by Gasteiger charge is -2.33. The van der Waals surface area contributed by atoms with Gasteiger partial charge in [0.05, 0.1) is 5.69 Å². The summed E-state index contributed by atoms with van der Waals surface area (Å²) in [5, 5.41) is 1.96. The van der Waals surface area contributed by atoms with Crippen molar-refractivity contribution in [3.05, 3.63) is 44.9 Å². The summed E-state index contributed by atoms with van der Waals surface area (Å²) < 4.78 is 28.9. The summed E-state index contributed by atoms with van der Waals surface area (Å²) in [6.45, 7) is 3.04. The average Bonchev–Trinajstić information content (AvgIpc) is 3.37. The lowest BCUT2D eigenvalue weighted by Crippen LogP contribution is -2.50. The number of carbonyl (C=O) groups excluding carboxylic acids is 1. The van der Waals surface area contributed by atoms with Gasteiger partial charge in [-0.05, 0) is 30.6 Å². The fourth-order valence-electron chi connectivity index (χ4n) is 3.92. The molecule has 1 aromatic carbocycles. The molecule has 0 N–H and O–H groups in total. The van der Waals surface area contributed by atoms with Crippen molar-refractivity contribution in [2.75, 3.05) is 39.8 Å². The Balaban J connectivity index is 0.00000245. The molecule has 2 aromatic heterocycles. The van der Waals surface area contributed by atoms with Crippen LogP contribution >= 0.6 is 46.7 Å². The number of halogens is 2. The van der Waals surface area contributed by atoms with Crippen LogP contribution in [0.4, 0.5) is 0 Å². The van der Waals surface area contributed by atoms with Gasteiger partial charge in [-0.2, -0.15) is 4.31 Å². The molecule has 0 radical (unpaired) electrons. The minimum Gasteiger partial charge on any atom is -0.334 e. The van der Waals surface area contributed by atoms with E-state index in [4.69, 9.17) is 11.6 Å². The highest BCUT2D eigenvalue weighted by atomic mass is 35.5. The molecule has 1 saturated heterocycles. The Morgan fingerprint density at radius 2 is 1.84 bits per heavy atom. The molecule has 4 heterocycles. The van der Waals surface area contributed by atoms with Crippen LogP contribution in [0.25, 0.3) is 10.1 Å². The van der Waals surface area contributed by atoms with E-state index in [0.717, 1.165) is 40.2 Å². The van der Waals surface area contributed by atoms with E-state index in [1.165, 1.54) is 27.0 Å². The Bertz CT molecular complexity index is 1270. The topological polar surface area (TPSA) is 73.8 Å². The highest BCUT2D eigenvalue weighted by Crippen LogP contribution is 2.33. The summed E-state index contributed by atoms with van der Waals surface area (Å²) >= 11 is 8.72. The number of likely N-dealkylation sites (N-methyl/N-ethyl adjacent to an activating group) is 1. The SMILES string of the molecule is CN1CCc2nc(C(=O)N3CCN(S(=O)(=O)c4cc5ccc(Cl)cc5s4)CC3)sc2C1.Cl. The van der Waals surface area contributed by atoms with Crippen molar-refractivity contribution in [2.24, 2.45) is 0 Å². The first-order valence-corrected chi connectivity index (χ1v) is 13.4. The number of amides is 1. The van der Waals surface area contributed by atoms with Gasteiger partial charge in [-0.25, -0.2) is 13.4 Å². The first-order chi connectivity index (χ1) is 14.8. The molecule has 0 spiro atoms. The van der Waals surface area contributed by atoms with E-state index >= 15 is 0 Å². The number of nitrogens with zero attached hydrogens (tertiary/aromatic N) is 4. The highest BCUT2D eigenvalue weighted by molar-refractivity contribution is 7.91. The number of thiazole rings is 1. The van der Waals surface area contributed by atoms with Crippen molar-refractivity contribution in [3.63, 3.8) is 0 Å².